The van der Waals surface area contributed by atoms with Crippen LogP contribution in [0.5, 0.6) is 0 Å². The fourth-order valence-corrected chi connectivity index (χ4v) is 1.82. The first-order valence-corrected chi connectivity index (χ1v) is 5.81. The quantitative estimate of drug-likeness (QED) is 0.750. The molecule has 0 spiro atoms. The van der Waals surface area contributed by atoms with Crippen LogP contribution in [0.3, 0.4) is 0 Å². The zero-order valence-electron chi connectivity index (χ0n) is 9.60. The van der Waals surface area contributed by atoms with Crippen molar-refractivity contribution in [1.29, 1.82) is 0 Å². The molecule has 0 radical (unpaired) electrons. The number of aliphatic imine (C=N–C) groups is 1. The van der Waals surface area contributed by atoms with Crippen LogP contribution in [0.25, 0.3) is 0 Å². The molecule has 86 valence electrons. The summed E-state index contributed by atoms with van der Waals surface area (Å²) in [4.78, 5) is 8.47. The molecule has 1 heterocycles. The number of aromatic nitrogens is 1. The lowest BCUT2D eigenvalue weighted by molar-refractivity contribution is 1.23. The third-order valence-corrected chi connectivity index (χ3v) is 2.76. The van der Waals surface area contributed by atoms with Crippen molar-refractivity contribution in [3.8, 4) is 0 Å². The van der Waals surface area contributed by atoms with Gasteiger partial charge in [-0.25, -0.2) is 0 Å². The topological polar surface area (TPSA) is 25.2 Å². The summed E-state index contributed by atoms with van der Waals surface area (Å²) < 4.78 is 0. The van der Waals surface area contributed by atoms with E-state index < -0.39 is 0 Å². The maximum absolute atomic E-state index is 6.09. The largest absolute Gasteiger partial charge is 0.264 e. The molecule has 0 unspecified atom stereocenters. The summed E-state index contributed by atoms with van der Waals surface area (Å²) in [7, 11) is 0. The highest BCUT2D eigenvalue weighted by Crippen LogP contribution is 2.27. The third-order valence-electron chi connectivity index (χ3n) is 2.46. The average Bonchev–Trinajstić information content (AvgIpc) is 2.34. The van der Waals surface area contributed by atoms with E-state index in [-0.39, 0.29) is 0 Å². The predicted molar refractivity (Wildman–Crippen MR) is 72.3 cm³/mol. The van der Waals surface area contributed by atoms with Gasteiger partial charge >= 0.3 is 0 Å². The van der Waals surface area contributed by atoms with Crippen LogP contribution in [0.1, 0.15) is 11.1 Å². The van der Waals surface area contributed by atoms with E-state index >= 15 is 0 Å². The van der Waals surface area contributed by atoms with E-state index in [1.807, 2.05) is 49.7 Å². The number of benzene rings is 1. The average molecular weight is 245 g/mol. The van der Waals surface area contributed by atoms with Gasteiger partial charge in [0.1, 0.15) is 0 Å². The van der Waals surface area contributed by atoms with Crippen LogP contribution in [-0.2, 0) is 6.42 Å². The predicted octanol–water partition coefficient (Wildman–Crippen LogP) is 3.99. The first-order chi connectivity index (χ1) is 8.27. The van der Waals surface area contributed by atoms with E-state index in [0.29, 0.717) is 5.02 Å². The lowest BCUT2D eigenvalue weighted by Crippen LogP contribution is -1.86. The molecule has 2 rings (SSSR count). The molecule has 0 aliphatic rings. The number of aryl methyl sites for hydroxylation is 1. The highest BCUT2D eigenvalue weighted by molar-refractivity contribution is 6.33. The number of nitrogens with zero attached hydrogens (tertiary/aromatic N) is 2. The first kappa shape index (κ1) is 11.8. The SMILES string of the molecule is Cc1cccc(Cl)c1N=CCc1cccnc1. The zero-order valence-corrected chi connectivity index (χ0v) is 10.4. The number of rotatable bonds is 3. The van der Waals surface area contributed by atoms with Crippen molar-refractivity contribution >= 4 is 23.5 Å². The van der Waals surface area contributed by atoms with Crippen LogP contribution < -0.4 is 0 Å². The van der Waals surface area contributed by atoms with Crippen molar-refractivity contribution in [3.63, 3.8) is 0 Å². The maximum atomic E-state index is 6.09. The van der Waals surface area contributed by atoms with Gasteiger partial charge in [0.2, 0.25) is 0 Å². The van der Waals surface area contributed by atoms with Crippen molar-refractivity contribution < 1.29 is 0 Å². The van der Waals surface area contributed by atoms with Crippen molar-refractivity contribution in [1.82, 2.24) is 4.98 Å². The van der Waals surface area contributed by atoms with Crippen LogP contribution in [-0.4, -0.2) is 11.2 Å². The summed E-state index contributed by atoms with van der Waals surface area (Å²) in [5.41, 5.74) is 3.07. The highest BCUT2D eigenvalue weighted by atomic mass is 35.5. The molecule has 2 nitrogen and oxygen atoms in total. The van der Waals surface area contributed by atoms with Gasteiger partial charge in [0.15, 0.2) is 0 Å². The zero-order chi connectivity index (χ0) is 12.1. The molecular formula is C14H13ClN2. The highest BCUT2D eigenvalue weighted by Gasteiger charge is 2.00. The van der Waals surface area contributed by atoms with Crippen molar-refractivity contribution in [2.24, 2.45) is 4.99 Å². The number of hydrogen-bond donors (Lipinski definition) is 0. The van der Waals surface area contributed by atoms with E-state index in [1.165, 1.54) is 0 Å². The summed E-state index contributed by atoms with van der Waals surface area (Å²) >= 11 is 6.09. The van der Waals surface area contributed by atoms with Gasteiger partial charge in [-0.05, 0) is 30.2 Å². The summed E-state index contributed by atoms with van der Waals surface area (Å²) in [5.74, 6) is 0. The minimum absolute atomic E-state index is 0.687. The molecule has 0 aliphatic carbocycles. The van der Waals surface area contributed by atoms with Crippen LogP contribution in [0.15, 0.2) is 47.7 Å². The Kier molecular flexibility index (Phi) is 3.89. The molecule has 0 amide bonds. The fraction of sp³-hybridized carbons (Fsp3) is 0.143. The van der Waals surface area contributed by atoms with Gasteiger partial charge < -0.3 is 0 Å². The van der Waals surface area contributed by atoms with Crippen molar-refractivity contribution in [2.45, 2.75) is 13.3 Å². The van der Waals surface area contributed by atoms with Gasteiger partial charge in [0, 0.05) is 25.0 Å². The Morgan fingerprint density at radius 3 is 2.88 bits per heavy atom. The van der Waals surface area contributed by atoms with E-state index in [9.17, 15) is 0 Å². The molecule has 0 aliphatic heterocycles. The summed E-state index contributed by atoms with van der Waals surface area (Å²) in [5, 5.41) is 0.687. The van der Waals surface area contributed by atoms with E-state index in [1.54, 1.807) is 6.20 Å². The van der Waals surface area contributed by atoms with Crippen LogP contribution in [0, 0.1) is 6.92 Å². The van der Waals surface area contributed by atoms with E-state index in [2.05, 4.69) is 9.98 Å². The van der Waals surface area contributed by atoms with Crippen LogP contribution in [0.4, 0.5) is 5.69 Å². The molecule has 0 bridgehead atoms. The number of para-hydroxylation sites is 1. The van der Waals surface area contributed by atoms with Crippen LogP contribution in [0.2, 0.25) is 5.02 Å². The van der Waals surface area contributed by atoms with Gasteiger partial charge in [-0.15, -0.1) is 0 Å². The second-order valence-corrected chi connectivity index (χ2v) is 4.19. The Bertz CT molecular complexity index is 501. The smallest absolute Gasteiger partial charge is 0.0841 e. The van der Waals surface area contributed by atoms with Gasteiger partial charge in [-0.2, -0.15) is 0 Å². The van der Waals surface area contributed by atoms with E-state index in [0.717, 1.165) is 23.2 Å². The Morgan fingerprint density at radius 1 is 1.29 bits per heavy atom. The van der Waals surface area contributed by atoms with Gasteiger partial charge in [0.05, 0.1) is 10.7 Å². The molecule has 0 fully saturated rings. The summed E-state index contributed by atoms with van der Waals surface area (Å²) in [6, 6.07) is 9.73. The first-order valence-electron chi connectivity index (χ1n) is 5.44. The molecule has 1 aromatic heterocycles. The third kappa shape index (κ3) is 3.14. The molecule has 0 N–H and O–H groups in total. The minimum Gasteiger partial charge on any atom is -0.264 e. The fourth-order valence-electron chi connectivity index (χ4n) is 1.55. The molecular weight excluding hydrogens is 232 g/mol. The molecule has 0 atom stereocenters. The Morgan fingerprint density at radius 2 is 2.18 bits per heavy atom. The van der Waals surface area contributed by atoms with Gasteiger partial charge in [-0.3, -0.25) is 9.98 Å². The monoisotopic (exact) mass is 244 g/mol. The second kappa shape index (κ2) is 5.60. The summed E-state index contributed by atoms with van der Waals surface area (Å²) in [6.07, 6.45) is 6.23. The Hall–Kier alpha value is -1.67. The Balaban J connectivity index is 2.11. The second-order valence-electron chi connectivity index (χ2n) is 3.78. The van der Waals surface area contributed by atoms with Gasteiger partial charge in [0.25, 0.3) is 0 Å². The van der Waals surface area contributed by atoms with Crippen molar-refractivity contribution in [2.75, 3.05) is 0 Å². The molecule has 0 saturated carbocycles. The minimum atomic E-state index is 0.687. The van der Waals surface area contributed by atoms with Crippen LogP contribution >= 0.6 is 11.6 Å². The molecule has 2 aromatic rings. The van der Waals surface area contributed by atoms with Gasteiger partial charge in [-0.1, -0.05) is 29.8 Å². The van der Waals surface area contributed by atoms with E-state index in [4.69, 9.17) is 11.6 Å². The molecule has 0 saturated heterocycles. The molecule has 1 aromatic carbocycles. The molecule has 3 heteroatoms. The maximum Gasteiger partial charge on any atom is 0.0841 e. The Labute approximate surface area is 106 Å². The lowest BCUT2D eigenvalue weighted by Gasteiger charge is -2.01. The number of hydrogen-bond acceptors (Lipinski definition) is 2. The normalized spacial score (nSPS) is 10.9. The number of pyridine rings is 1. The lowest BCUT2D eigenvalue weighted by atomic mass is 10.2. The van der Waals surface area contributed by atoms with Crippen molar-refractivity contribution in [3.05, 3.63) is 58.9 Å². The molecule has 17 heavy (non-hydrogen) atoms. The standard InChI is InChI=1S/C14H13ClN2/c1-11-4-2-6-13(15)14(11)17-9-7-12-5-3-8-16-10-12/h2-6,8-10H,7H2,1H3. The summed E-state index contributed by atoms with van der Waals surface area (Å²) in [6.45, 7) is 2.00. The number of halogens is 1.